The van der Waals surface area contributed by atoms with Crippen molar-refractivity contribution < 1.29 is 4.42 Å². The first kappa shape index (κ1) is 21.6. The number of aromatic nitrogens is 4. The van der Waals surface area contributed by atoms with Crippen LogP contribution < -0.4 is 11.2 Å². The van der Waals surface area contributed by atoms with Gasteiger partial charge in [-0.1, -0.05) is 40.9 Å². The maximum atomic E-state index is 13.5. The summed E-state index contributed by atoms with van der Waals surface area (Å²) in [5.74, 6) is 0.478. The highest BCUT2D eigenvalue weighted by atomic mass is 35.5. The molecule has 0 atom stereocenters. The molecule has 2 aromatic carbocycles. The molecule has 0 unspecified atom stereocenters. The first-order valence-corrected chi connectivity index (χ1v) is 11.0. The predicted octanol–water partition coefficient (Wildman–Crippen LogP) is 5.00. The van der Waals surface area contributed by atoms with Crippen molar-refractivity contribution in [3.05, 3.63) is 114 Å². The minimum Gasteiger partial charge on any atom is -0.467 e. The van der Waals surface area contributed by atoms with Gasteiger partial charge >= 0.3 is 5.69 Å². The number of halogens is 3. The van der Waals surface area contributed by atoms with Crippen molar-refractivity contribution in [2.75, 3.05) is 0 Å². The van der Waals surface area contributed by atoms with E-state index in [-0.39, 0.29) is 17.7 Å². The largest absolute Gasteiger partial charge is 0.467 e. The van der Waals surface area contributed by atoms with Gasteiger partial charge in [0.2, 0.25) is 0 Å². The Balaban J connectivity index is 1.75. The number of rotatable bonds is 5. The molecule has 0 fully saturated rings. The molecule has 0 saturated carbocycles. The molecule has 0 bridgehead atoms. The molecule has 5 rings (SSSR count). The zero-order chi connectivity index (χ0) is 23.1. The molecule has 3 heterocycles. The summed E-state index contributed by atoms with van der Waals surface area (Å²) in [7, 11) is 0. The average Bonchev–Trinajstić information content (AvgIpc) is 3.45. The van der Waals surface area contributed by atoms with E-state index in [2.05, 4.69) is 4.98 Å². The number of fused-ring (bicyclic) bond motifs is 1. The SMILES string of the molecule is O=c1c2c(ncn2Cc2ccc(Cl)c(Cl)c2)n(-c2ccc(Cl)cc2)c(=O)n1Cc1ccco1. The number of hydrogen-bond donors (Lipinski definition) is 0. The fourth-order valence-corrected chi connectivity index (χ4v) is 4.10. The van der Waals surface area contributed by atoms with Crippen LogP contribution in [0.5, 0.6) is 0 Å². The Morgan fingerprint density at radius 3 is 2.39 bits per heavy atom. The van der Waals surface area contributed by atoms with E-state index in [0.29, 0.717) is 33.1 Å². The highest BCUT2D eigenvalue weighted by molar-refractivity contribution is 6.42. The van der Waals surface area contributed by atoms with E-state index in [4.69, 9.17) is 39.2 Å². The van der Waals surface area contributed by atoms with Gasteiger partial charge in [-0.05, 0) is 54.1 Å². The van der Waals surface area contributed by atoms with Crippen LogP contribution in [0.25, 0.3) is 16.9 Å². The first-order valence-electron chi connectivity index (χ1n) is 9.85. The fraction of sp³-hybridized carbons (Fsp3) is 0.0870. The second-order valence-electron chi connectivity index (χ2n) is 7.36. The number of nitrogens with zero attached hydrogens (tertiary/aromatic N) is 4. The Bertz CT molecular complexity index is 1580. The van der Waals surface area contributed by atoms with E-state index in [0.717, 1.165) is 10.1 Å². The van der Waals surface area contributed by atoms with Crippen LogP contribution in [-0.4, -0.2) is 18.7 Å². The molecule has 10 heteroatoms. The van der Waals surface area contributed by atoms with Crippen molar-refractivity contribution in [2.45, 2.75) is 13.1 Å². The topological polar surface area (TPSA) is 75.0 Å². The number of furan rings is 1. The summed E-state index contributed by atoms with van der Waals surface area (Å²) in [5.41, 5.74) is 0.845. The lowest BCUT2D eigenvalue weighted by Crippen LogP contribution is -2.40. The minimum atomic E-state index is -0.536. The van der Waals surface area contributed by atoms with Crippen LogP contribution in [0.1, 0.15) is 11.3 Å². The molecule has 0 spiro atoms. The molecular formula is C23H15Cl3N4O3. The maximum Gasteiger partial charge on any atom is 0.337 e. The van der Waals surface area contributed by atoms with Crippen molar-refractivity contribution in [3.8, 4) is 5.69 Å². The molecule has 0 amide bonds. The summed E-state index contributed by atoms with van der Waals surface area (Å²) in [5, 5.41) is 1.37. The molecular weight excluding hydrogens is 487 g/mol. The molecule has 0 radical (unpaired) electrons. The molecule has 0 saturated heterocycles. The standard InChI is InChI=1S/C23H15Cl3N4O3/c24-15-4-6-16(7-5-15)30-21-20(22(31)29(23(30)32)12-17-2-1-9-33-17)28(13-27-21)11-14-3-8-18(25)19(26)10-14/h1-10,13H,11-12H2. The second-order valence-corrected chi connectivity index (χ2v) is 8.61. The smallest absolute Gasteiger partial charge is 0.337 e. The summed E-state index contributed by atoms with van der Waals surface area (Å²) in [6.07, 6.45) is 3.02. The van der Waals surface area contributed by atoms with E-state index in [1.54, 1.807) is 53.1 Å². The summed E-state index contributed by atoms with van der Waals surface area (Å²) in [6, 6.07) is 15.4. The molecule has 5 aromatic rings. The van der Waals surface area contributed by atoms with Gasteiger partial charge in [0, 0.05) is 11.6 Å². The van der Waals surface area contributed by atoms with E-state index < -0.39 is 11.2 Å². The number of benzene rings is 2. The highest BCUT2D eigenvalue weighted by Gasteiger charge is 2.20. The third-order valence-electron chi connectivity index (χ3n) is 5.22. The van der Waals surface area contributed by atoms with E-state index in [1.165, 1.54) is 17.2 Å². The molecule has 166 valence electrons. The monoisotopic (exact) mass is 500 g/mol. The van der Waals surface area contributed by atoms with Gasteiger partial charge in [0.15, 0.2) is 11.2 Å². The van der Waals surface area contributed by atoms with Gasteiger partial charge in [0.1, 0.15) is 5.76 Å². The quantitative estimate of drug-likeness (QED) is 0.340. The van der Waals surface area contributed by atoms with Crippen LogP contribution >= 0.6 is 34.8 Å². The van der Waals surface area contributed by atoms with Crippen LogP contribution in [-0.2, 0) is 13.1 Å². The van der Waals surface area contributed by atoms with Gasteiger partial charge in [0.25, 0.3) is 5.56 Å². The lowest BCUT2D eigenvalue weighted by molar-refractivity contribution is 0.482. The molecule has 33 heavy (non-hydrogen) atoms. The highest BCUT2D eigenvalue weighted by Crippen LogP contribution is 2.24. The molecule has 0 aliphatic carbocycles. The minimum absolute atomic E-state index is 0.0217. The summed E-state index contributed by atoms with van der Waals surface area (Å²) >= 11 is 18.2. The summed E-state index contributed by atoms with van der Waals surface area (Å²) in [4.78, 5) is 31.3. The van der Waals surface area contributed by atoms with Crippen molar-refractivity contribution in [2.24, 2.45) is 0 Å². The Kier molecular flexibility index (Phi) is 5.62. The average molecular weight is 502 g/mol. The van der Waals surface area contributed by atoms with Crippen LogP contribution in [0.2, 0.25) is 15.1 Å². The van der Waals surface area contributed by atoms with Crippen LogP contribution in [0.3, 0.4) is 0 Å². The molecule has 7 nitrogen and oxygen atoms in total. The van der Waals surface area contributed by atoms with Crippen molar-refractivity contribution >= 4 is 46.0 Å². The molecule has 3 aromatic heterocycles. The number of imidazole rings is 1. The Hall–Kier alpha value is -3.26. The zero-order valence-electron chi connectivity index (χ0n) is 16.9. The second kappa shape index (κ2) is 8.59. The maximum absolute atomic E-state index is 13.5. The summed E-state index contributed by atoms with van der Waals surface area (Å²) < 4.78 is 9.58. The van der Waals surface area contributed by atoms with Crippen LogP contribution in [0, 0.1) is 0 Å². The van der Waals surface area contributed by atoms with E-state index in [1.807, 2.05) is 6.07 Å². The zero-order valence-corrected chi connectivity index (χ0v) is 19.2. The Morgan fingerprint density at radius 2 is 1.70 bits per heavy atom. The van der Waals surface area contributed by atoms with Crippen molar-refractivity contribution in [3.63, 3.8) is 0 Å². The lowest BCUT2D eigenvalue weighted by atomic mass is 10.2. The Morgan fingerprint density at radius 1 is 0.909 bits per heavy atom. The molecule has 0 N–H and O–H groups in total. The van der Waals surface area contributed by atoms with Gasteiger partial charge < -0.3 is 8.98 Å². The van der Waals surface area contributed by atoms with Crippen molar-refractivity contribution in [1.82, 2.24) is 18.7 Å². The van der Waals surface area contributed by atoms with E-state index >= 15 is 0 Å². The molecule has 0 aliphatic rings. The fourth-order valence-electron chi connectivity index (χ4n) is 3.66. The van der Waals surface area contributed by atoms with Gasteiger partial charge in [-0.25, -0.2) is 14.3 Å². The van der Waals surface area contributed by atoms with Gasteiger partial charge in [-0.15, -0.1) is 0 Å². The van der Waals surface area contributed by atoms with Crippen LogP contribution in [0.4, 0.5) is 0 Å². The Labute approximate surface area is 202 Å². The normalized spacial score (nSPS) is 11.4. The molecule has 0 aliphatic heterocycles. The van der Waals surface area contributed by atoms with Crippen molar-refractivity contribution in [1.29, 1.82) is 0 Å². The van der Waals surface area contributed by atoms with Gasteiger partial charge in [0.05, 0.1) is 34.9 Å². The first-order chi connectivity index (χ1) is 15.9. The van der Waals surface area contributed by atoms with Crippen LogP contribution in [0.15, 0.2) is 81.2 Å². The van der Waals surface area contributed by atoms with Gasteiger partial charge in [-0.2, -0.15) is 0 Å². The van der Waals surface area contributed by atoms with E-state index in [9.17, 15) is 9.59 Å². The predicted molar refractivity (Wildman–Crippen MR) is 128 cm³/mol. The number of hydrogen-bond acceptors (Lipinski definition) is 4. The van der Waals surface area contributed by atoms with Gasteiger partial charge in [-0.3, -0.25) is 9.36 Å². The third kappa shape index (κ3) is 3.99. The summed E-state index contributed by atoms with van der Waals surface area (Å²) in [6.45, 7) is 0.286. The lowest BCUT2D eigenvalue weighted by Gasteiger charge is -2.12. The third-order valence-corrected chi connectivity index (χ3v) is 6.21.